The molecule has 0 radical (unpaired) electrons. The SMILES string of the molecule is COc1ccc(-c2ccc(C(=O)N3CCC(c4ncc[nH]4)CC3)o2)cc1. The Balaban J connectivity index is 1.42. The number of ether oxygens (including phenoxy) is 1. The molecule has 1 aliphatic rings. The highest BCUT2D eigenvalue weighted by Crippen LogP contribution is 2.28. The van der Waals surface area contributed by atoms with E-state index in [2.05, 4.69) is 9.97 Å². The minimum atomic E-state index is -0.0531. The Morgan fingerprint density at radius 3 is 2.62 bits per heavy atom. The minimum Gasteiger partial charge on any atom is -0.497 e. The maximum Gasteiger partial charge on any atom is 0.289 e. The summed E-state index contributed by atoms with van der Waals surface area (Å²) < 4.78 is 11.0. The third kappa shape index (κ3) is 3.22. The van der Waals surface area contributed by atoms with Gasteiger partial charge in [0, 0.05) is 37.0 Å². The fourth-order valence-corrected chi connectivity index (χ4v) is 3.38. The highest BCUT2D eigenvalue weighted by atomic mass is 16.5. The van der Waals surface area contributed by atoms with E-state index in [0.29, 0.717) is 30.5 Å². The number of piperidine rings is 1. The van der Waals surface area contributed by atoms with E-state index in [1.165, 1.54) is 0 Å². The number of furan rings is 1. The van der Waals surface area contributed by atoms with Gasteiger partial charge in [-0.3, -0.25) is 4.79 Å². The summed E-state index contributed by atoms with van der Waals surface area (Å²) >= 11 is 0. The standard InChI is InChI=1S/C20H21N3O3/c1-25-16-4-2-14(3-5-16)17-6-7-18(26-17)20(24)23-12-8-15(9-13-23)19-21-10-11-22-19/h2-7,10-11,15H,8-9,12-13H2,1H3,(H,21,22). The Labute approximate surface area is 151 Å². The fraction of sp³-hybridized carbons (Fsp3) is 0.300. The van der Waals surface area contributed by atoms with E-state index in [1.54, 1.807) is 19.4 Å². The number of methoxy groups -OCH3 is 1. The summed E-state index contributed by atoms with van der Waals surface area (Å²) in [5.41, 5.74) is 0.918. The normalized spacial score (nSPS) is 15.2. The zero-order chi connectivity index (χ0) is 17.9. The summed E-state index contributed by atoms with van der Waals surface area (Å²) in [6.45, 7) is 1.42. The molecular weight excluding hydrogens is 330 g/mol. The highest BCUT2D eigenvalue weighted by Gasteiger charge is 2.27. The number of nitrogens with zero attached hydrogens (tertiary/aromatic N) is 2. The molecule has 1 aliphatic heterocycles. The number of aromatic amines is 1. The van der Waals surface area contributed by atoms with Gasteiger partial charge < -0.3 is 19.0 Å². The summed E-state index contributed by atoms with van der Waals surface area (Å²) in [7, 11) is 1.63. The molecule has 1 N–H and O–H groups in total. The van der Waals surface area contributed by atoms with Crippen molar-refractivity contribution in [1.29, 1.82) is 0 Å². The largest absolute Gasteiger partial charge is 0.497 e. The van der Waals surface area contributed by atoms with Crippen molar-refractivity contribution < 1.29 is 13.9 Å². The molecule has 0 unspecified atom stereocenters. The van der Waals surface area contributed by atoms with Crippen LogP contribution in [0.3, 0.4) is 0 Å². The lowest BCUT2D eigenvalue weighted by molar-refractivity contribution is 0.0680. The summed E-state index contributed by atoms with van der Waals surface area (Å²) in [5, 5.41) is 0. The maximum absolute atomic E-state index is 12.7. The molecule has 134 valence electrons. The van der Waals surface area contributed by atoms with Gasteiger partial charge in [0.15, 0.2) is 5.76 Å². The van der Waals surface area contributed by atoms with E-state index in [1.807, 2.05) is 41.4 Å². The van der Waals surface area contributed by atoms with Crippen LogP contribution in [-0.4, -0.2) is 41.0 Å². The number of benzene rings is 1. The van der Waals surface area contributed by atoms with Crippen LogP contribution in [0.1, 0.15) is 35.1 Å². The van der Waals surface area contributed by atoms with Gasteiger partial charge in [0.1, 0.15) is 17.3 Å². The van der Waals surface area contributed by atoms with Gasteiger partial charge in [-0.2, -0.15) is 0 Å². The van der Waals surface area contributed by atoms with Gasteiger partial charge in [-0.15, -0.1) is 0 Å². The number of nitrogens with one attached hydrogen (secondary N) is 1. The van der Waals surface area contributed by atoms with Crippen molar-refractivity contribution in [3.8, 4) is 17.1 Å². The molecule has 6 heteroatoms. The van der Waals surface area contributed by atoms with Gasteiger partial charge in [-0.1, -0.05) is 0 Å². The van der Waals surface area contributed by atoms with Gasteiger partial charge in [-0.05, 0) is 49.2 Å². The molecule has 4 rings (SSSR count). The number of likely N-dealkylation sites (tertiary alicyclic amines) is 1. The van der Waals surface area contributed by atoms with E-state index >= 15 is 0 Å². The number of carbonyl (C=O) groups excluding carboxylic acids is 1. The highest BCUT2D eigenvalue weighted by molar-refractivity contribution is 5.92. The van der Waals surface area contributed by atoms with Crippen molar-refractivity contribution in [3.63, 3.8) is 0 Å². The molecular formula is C20H21N3O3. The van der Waals surface area contributed by atoms with Crippen molar-refractivity contribution in [3.05, 3.63) is 60.4 Å². The Morgan fingerprint density at radius 2 is 1.96 bits per heavy atom. The molecule has 3 aromatic rings. The lowest BCUT2D eigenvalue weighted by Gasteiger charge is -2.30. The summed E-state index contributed by atoms with van der Waals surface area (Å²) in [5.74, 6) is 3.20. The number of carbonyl (C=O) groups is 1. The molecule has 0 spiro atoms. The van der Waals surface area contributed by atoms with Gasteiger partial charge in [-0.25, -0.2) is 4.98 Å². The number of H-pyrrole nitrogens is 1. The molecule has 0 bridgehead atoms. The minimum absolute atomic E-state index is 0.0531. The van der Waals surface area contributed by atoms with E-state index < -0.39 is 0 Å². The van der Waals surface area contributed by atoms with Crippen LogP contribution in [-0.2, 0) is 0 Å². The lowest BCUT2D eigenvalue weighted by Crippen LogP contribution is -2.37. The van der Waals surface area contributed by atoms with Crippen molar-refractivity contribution >= 4 is 5.91 Å². The number of hydrogen-bond acceptors (Lipinski definition) is 4. The van der Waals surface area contributed by atoms with Gasteiger partial charge in [0.2, 0.25) is 0 Å². The van der Waals surface area contributed by atoms with Crippen LogP contribution >= 0.6 is 0 Å². The smallest absolute Gasteiger partial charge is 0.289 e. The molecule has 1 saturated heterocycles. The quantitative estimate of drug-likeness (QED) is 0.778. The number of imidazole rings is 1. The van der Waals surface area contributed by atoms with E-state index in [4.69, 9.17) is 9.15 Å². The number of rotatable bonds is 4. The summed E-state index contributed by atoms with van der Waals surface area (Å²) in [6, 6.07) is 11.2. The first-order valence-electron chi connectivity index (χ1n) is 8.77. The third-order valence-corrected chi connectivity index (χ3v) is 4.88. The molecule has 0 atom stereocenters. The number of aromatic nitrogens is 2. The Hall–Kier alpha value is -3.02. The van der Waals surface area contributed by atoms with Gasteiger partial charge >= 0.3 is 0 Å². The predicted molar refractivity (Wildman–Crippen MR) is 97.2 cm³/mol. The first-order valence-corrected chi connectivity index (χ1v) is 8.77. The molecule has 2 aromatic heterocycles. The first-order chi connectivity index (χ1) is 12.7. The molecule has 1 amide bonds. The topological polar surface area (TPSA) is 71.4 Å². The molecule has 26 heavy (non-hydrogen) atoms. The van der Waals surface area contributed by atoms with Gasteiger partial charge in [0.25, 0.3) is 5.91 Å². The van der Waals surface area contributed by atoms with E-state index in [0.717, 1.165) is 30.0 Å². The van der Waals surface area contributed by atoms with Crippen LogP contribution in [0.15, 0.2) is 53.2 Å². The Morgan fingerprint density at radius 1 is 1.19 bits per heavy atom. The first kappa shape index (κ1) is 16.4. The van der Waals surface area contributed by atoms with E-state index in [-0.39, 0.29) is 5.91 Å². The molecule has 0 saturated carbocycles. The number of hydrogen-bond donors (Lipinski definition) is 1. The Kier molecular flexibility index (Phi) is 4.48. The average molecular weight is 351 g/mol. The van der Waals surface area contributed by atoms with E-state index in [9.17, 15) is 4.79 Å². The molecule has 6 nitrogen and oxygen atoms in total. The van der Waals surface area contributed by atoms with Crippen molar-refractivity contribution in [2.24, 2.45) is 0 Å². The zero-order valence-corrected chi connectivity index (χ0v) is 14.6. The monoisotopic (exact) mass is 351 g/mol. The van der Waals surface area contributed by atoms with Crippen LogP contribution in [0.5, 0.6) is 5.75 Å². The van der Waals surface area contributed by atoms with Crippen molar-refractivity contribution in [1.82, 2.24) is 14.9 Å². The molecule has 0 aliphatic carbocycles. The second-order valence-electron chi connectivity index (χ2n) is 6.43. The van der Waals surface area contributed by atoms with Crippen molar-refractivity contribution in [2.75, 3.05) is 20.2 Å². The fourth-order valence-electron chi connectivity index (χ4n) is 3.38. The summed E-state index contributed by atoms with van der Waals surface area (Å²) in [4.78, 5) is 22.1. The second kappa shape index (κ2) is 7.07. The third-order valence-electron chi connectivity index (χ3n) is 4.88. The van der Waals surface area contributed by atoms with Crippen LogP contribution in [0, 0.1) is 0 Å². The van der Waals surface area contributed by atoms with Crippen LogP contribution in [0.25, 0.3) is 11.3 Å². The average Bonchev–Trinajstić information content (AvgIpc) is 3.40. The van der Waals surface area contributed by atoms with Crippen LogP contribution in [0.2, 0.25) is 0 Å². The van der Waals surface area contributed by atoms with Crippen LogP contribution < -0.4 is 4.74 Å². The maximum atomic E-state index is 12.7. The lowest BCUT2D eigenvalue weighted by atomic mass is 9.96. The molecule has 1 fully saturated rings. The molecule has 1 aromatic carbocycles. The molecule has 3 heterocycles. The zero-order valence-electron chi connectivity index (χ0n) is 14.6. The Bertz CT molecular complexity index is 860. The van der Waals surface area contributed by atoms with Crippen LogP contribution in [0.4, 0.5) is 0 Å². The predicted octanol–water partition coefficient (Wildman–Crippen LogP) is 3.70. The van der Waals surface area contributed by atoms with Crippen molar-refractivity contribution in [2.45, 2.75) is 18.8 Å². The van der Waals surface area contributed by atoms with Gasteiger partial charge in [0.05, 0.1) is 7.11 Å². The summed E-state index contributed by atoms with van der Waals surface area (Å²) in [6.07, 6.45) is 5.43. The number of amides is 1. The second-order valence-corrected chi connectivity index (χ2v) is 6.43.